The van der Waals surface area contributed by atoms with Crippen molar-refractivity contribution >= 4 is 16.9 Å². The third-order valence-corrected chi connectivity index (χ3v) is 5.29. The third kappa shape index (κ3) is 3.05. The second-order valence-corrected chi connectivity index (χ2v) is 7.11. The van der Waals surface area contributed by atoms with Crippen molar-refractivity contribution in [3.63, 3.8) is 0 Å². The summed E-state index contributed by atoms with van der Waals surface area (Å²) in [5.41, 5.74) is 8.25. The molecule has 1 atom stereocenters. The number of nitrogen functional groups attached to an aromatic ring is 1. The number of nitrogens with two attached hydrogens (primary N) is 1. The predicted molar refractivity (Wildman–Crippen MR) is 113 cm³/mol. The van der Waals surface area contributed by atoms with E-state index < -0.39 is 0 Å². The van der Waals surface area contributed by atoms with Crippen LogP contribution >= 0.6 is 0 Å². The number of aromatic nitrogens is 3. The molecule has 5 rings (SSSR count). The number of rotatable bonds is 4. The Labute approximate surface area is 167 Å². The second-order valence-electron chi connectivity index (χ2n) is 7.11. The van der Waals surface area contributed by atoms with Gasteiger partial charge in [0, 0.05) is 12.7 Å². The van der Waals surface area contributed by atoms with E-state index in [1.807, 2.05) is 65.2 Å². The molecule has 0 bridgehead atoms. The summed E-state index contributed by atoms with van der Waals surface area (Å²) in [6.45, 7) is 1.67. The average molecular weight is 387 g/mol. The van der Waals surface area contributed by atoms with Crippen LogP contribution in [0, 0.1) is 0 Å². The van der Waals surface area contributed by atoms with Crippen molar-refractivity contribution in [1.82, 2.24) is 19.4 Å². The Balaban J connectivity index is 1.60. The van der Waals surface area contributed by atoms with Crippen LogP contribution in [0.3, 0.4) is 0 Å². The van der Waals surface area contributed by atoms with Gasteiger partial charge in [0.15, 0.2) is 0 Å². The Bertz CT molecular complexity index is 1210. The van der Waals surface area contributed by atoms with Gasteiger partial charge in [0.05, 0.1) is 17.2 Å². The first-order valence-electron chi connectivity index (χ1n) is 9.64. The standard InChI is InChI=1S/C22H21N5O2/c23-21-20-19(11-13-25-21)26(16-10-12-24-14-16)22(28)27(20)15-6-8-18(9-7-15)29-17-4-2-1-3-5-17/h1-9,11,13,16,24H,10,12,14H2,(H2,23,25). The van der Waals surface area contributed by atoms with E-state index in [0.29, 0.717) is 17.1 Å². The van der Waals surface area contributed by atoms with Crippen LogP contribution in [-0.2, 0) is 0 Å². The molecule has 1 aliphatic heterocycles. The first-order chi connectivity index (χ1) is 14.2. The molecule has 0 saturated carbocycles. The van der Waals surface area contributed by atoms with Crippen molar-refractivity contribution in [3.05, 3.63) is 77.3 Å². The minimum atomic E-state index is -0.106. The number of pyridine rings is 1. The minimum absolute atomic E-state index is 0.105. The van der Waals surface area contributed by atoms with Crippen molar-refractivity contribution in [2.75, 3.05) is 18.8 Å². The van der Waals surface area contributed by atoms with Gasteiger partial charge in [-0.25, -0.2) is 9.78 Å². The zero-order chi connectivity index (χ0) is 19.8. The molecule has 29 heavy (non-hydrogen) atoms. The van der Waals surface area contributed by atoms with E-state index in [1.165, 1.54) is 0 Å². The summed E-state index contributed by atoms with van der Waals surface area (Å²) in [4.78, 5) is 17.6. The number of para-hydroxylation sites is 1. The maximum atomic E-state index is 13.4. The Morgan fingerprint density at radius 3 is 2.52 bits per heavy atom. The molecule has 2 aromatic carbocycles. The first kappa shape index (κ1) is 17.5. The third-order valence-electron chi connectivity index (χ3n) is 5.29. The molecule has 1 unspecified atom stereocenters. The second kappa shape index (κ2) is 7.10. The number of nitrogens with one attached hydrogen (secondary N) is 1. The Hall–Kier alpha value is -3.58. The van der Waals surface area contributed by atoms with Gasteiger partial charge in [0.25, 0.3) is 0 Å². The highest BCUT2D eigenvalue weighted by Crippen LogP contribution is 2.27. The maximum Gasteiger partial charge on any atom is 0.334 e. The van der Waals surface area contributed by atoms with E-state index in [2.05, 4.69) is 10.3 Å². The van der Waals surface area contributed by atoms with Gasteiger partial charge in [0.2, 0.25) is 0 Å². The molecule has 0 aliphatic carbocycles. The van der Waals surface area contributed by atoms with Gasteiger partial charge in [-0.15, -0.1) is 0 Å². The van der Waals surface area contributed by atoms with Gasteiger partial charge >= 0.3 is 5.69 Å². The van der Waals surface area contributed by atoms with Crippen LogP contribution in [0.1, 0.15) is 12.5 Å². The molecule has 0 radical (unpaired) electrons. The fourth-order valence-corrected chi connectivity index (χ4v) is 3.93. The molecule has 0 amide bonds. The lowest BCUT2D eigenvalue weighted by Crippen LogP contribution is -2.27. The number of hydrogen-bond donors (Lipinski definition) is 2. The van der Waals surface area contributed by atoms with Gasteiger partial charge in [-0.2, -0.15) is 0 Å². The first-order valence-corrected chi connectivity index (χ1v) is 9.64. The predicted octanol–water partition coefficient (Wildman–Crippen LogP) is 3.10. The summed E-state index contributed by atoms with van der Waals surface area (Å²) in [7, 11) is 0. The van der Waals surface area contributed by atoms with E-state index >= 15 is 0 Å². The van der Waals surface area contributed by atoms with Crippen LogP contribution in [-0.4, -0.2) is 27.2 Å². The molecular formula is C22H21N5O2. The lowest BCUT2D eigenvalue weighted by atomic mass is 10.2. The highest BCUT2D eigenvalue weighted by molar-refractivity contribution is 5.87. The lowest BCUT2D eigenvalue weighted by Gasteiger charge is -2.10. The maximum absolute atomic E-state index is 13.4. The molecular weight excluding hydrogens is 366 g/mol. The number of fused-ring (bicyclic) bond motifs is 1. The van der Waals surface area contributed by atoms with Gasteiger partial charge in [-0.3, -0.25) is 9.13 Å². The fraction of sp³-hybridized carbons (Fsp3) is 0.182. The average Bonchev–Trinajstić information content (AvgIpc) is 3.36. The van der Waals surface area contributed by atoms with Crippen molar-refractivity contribution in [2.24, 2.45) is 0 Å². The molecule has 2 aromatic heterocycles. The van der Waals surface area contributed by atoms with Crippen molar-refractivity contribution < 1.29 is 4.74 Å². The molecule has 4 aromatic rings. The largest absolute Gasteiger partial charge is 0.457 e. The van der Waals surface area contributed by atoms with Crippen molar-refractivity contribution in [2.45, 2.75) is 12.5 Å². The molecule has 1 saturated heterocycles. The number of imidazole rings is 1. The van der Waals surface area contributed by atoms with Crippen molar-refractivity contribution in [3.8, 4) is 17.2 Å². The number of ether oxygens (including phenoxy) is 1. The van der Waals surface area contributed by atoms with E-state index in [1.54, 1.807) is 10.8 Å². The number of hydrogen-bond acceptors (Lipinski definition) is 5. The number of benzene rings is 2. The van der Waals surface area contributed by atoms with E-state index in [0.717, 1.165) is 36.5 Å². The summed E-state index contributed by atoms with van der Waals surface area (Å²) in [5, 5.41) is 3.32. The van der Waals surface area contributed by atoms with Crippen LogP contribution in [0.5, 0.6) is 11.5 Å². The molecule has 1 aliphatic rings. The highest BCUT2D eigenvalue weighted by atomic mass is 16.5. The zero-order valence-corrected chi connectivity index (χ0v) is 15.8. The minimum Gasteiger partial charge on any atom is -0.457 e. The van der Waals surface area contributed by atoms with Gasteiger partial charge < -0.3 is 15.8 Å². The molecule has 0 spiro atoms. The van der Waals surface area contributed by atoms with Gasteiger partial charge in [-0.05, 0) is 55.4 Å². The van der Waals surface area contributed by atoms with Crippen LogP contribution in [0.2, 0.25) is 0 Å². The topological polar surface area (TPSA) is 87.1 Å². The van der Waals surface area contributed by atoms with Crippen LogP contribution in [0.4, 0.5) is 5.82 Å². The van der Waals surface area contributed by atoms with E-state index in [4.69, 9.17) is 10.5 Å². The smallest absolute Gasteiger partial charge is 0.334 e. The van der Waals surface area contributed by atoms with Crippen LogP contribution in [0.25, 0.3) is 16.7 Å². The van der Waals surface area contributed by atoms with E-state index in [-0.39, 0.29) is 11.7 Å². The summed E-state index contributed by atoms with van der Waals surface area (Å²) >= 11 is 0. The molecule has 146 valence electrons. The molecule has 7 nitrogen and oxygen atoms in total. The van der Waals surface area contributed by atoms with E-state index in [9.17, 15) is 4.79 Å². The summed E-state index contributed by atoms with van der Waals surface area (Å²) in [5.74, 6) is 1.80. The van der Waals surface area contributed by atoms with Crippen molar-refractivity contribution in [1.29, 1.82) is 0 Å². The van der Waals surface area contributed by atoms with Gasteiger partial charge in [0.1, 0.15) is 22.8 Å². The summed E-state index contributed by atoms with van der Waals surface area (Å²) < 4.78 is 9.34. The number of anilines is 1. The SMILES string of the molecule is Nc1nccc2c1n(-c1ccc(Oc3ccccc3)cc1)c(=O)n2C1CCNC1. The lowest BCUT2D eigenvalue weighted by molar-refractivity contribution is 0.482. The molecule has 3 N–H and O–H groups in total. The quantitative estimate of drug-likeness (QED) is 0.562. The molecule has 1 fully saturated rings. The Morgan fingerprint density at radius 1 is 1.03 bits per heavy atom. The Morgan fingerprint density at radius 2 is 1.79 bits per heavy atom. The van der Waals surface area contributed by atoms with Gasteiger partial charge in [-0.1, -0.05) is 18.2 Å². The summed E-state index contributed by atoms with van der Waals surface area (Å²) in [6.07, 6.45) is 2.56. The fourth-order valence-electron chi connectivity index (χ4n) is 3.93. The van der Waals surface area contributed by atoms with Crippen LogP contribution < -0.4 is 21.5 Å². The Kier molecular flexibility index (Phi) is 4.29. The normalized spacial score (nSPS) is 16.3. The zero-order valence-electron chi connectivity index (χ0n) is 15.8. The molecule has 3 heterocycles. The van der Waals surface area contributed by atoms with Crippen LogP contribution in [0.15, 0.2) is 71.7 Å². The number of nitrogens with zero attached hydrogens (tertiary/aromatic N) is 3. The summed E-state index contributed by atoms with van der Waals surface area (Å²) in [6, 6.07) is 19.0. The highest BCUT2D eigenvalue weighted by Gasteiger charge is 2.25. The monoisotopic (exact) mass is 387 g/mol. The molecule has 7 heteroatoms.